The first kappa shape index (κ1) is 24.2. The lowest BCUT2D eigenvalue weighted by Gasteiger charge is -2.40. The Hall–Kier alpha value is -3.09. The quantitative estimate of drug-likeness (QED) is 0.587. The third-order valence-corrected chi connectivity index (χ3v) is 4.61. The highest BCUT2D eigenvalue weighted by atomic mass is 19.3. The first-order valence-electron chi connectivity index (χ1n) is 10.7. The van der Waals surface area contributed by atoms with Crippen molar-refractivity contribution in [2.24, 2.45) is 0 Å². The van der Waals surface area contributed by atoms with Crippen LogP contribution in [-0.2, 0) is 4.79 Å². The molecule has 0 aliphatic carbocycles. The van der Waals surface area contributed by atoms with Gasteiger partial charge in [0.25, 0.3) is 6.43 Å². The molecule has 0 radical (unpaired) electrons. The average molecular weight is 429 g/mol. The van der Waals surface area contributed by atoms with Gasteiger partial charge in [-0.15, -0.1) is 0 Å². The molecule has 1 aromatic heterocycles. The maximum Gasteiger partial charge on any atom is 0.264 e. The van der Waals surface area contributed by atoms with Gasteiger partial charge in [0.1, 0.15) is 5.82 Å². The Balaban J connectivity index is 0.000000807. The van der Waals surface area contributed by atoms with Crippen molar-refractivity contribution in [1.29, 1.82) is 0 Å². The van der Waals surface area contributed by atoms with Crippen LogP contribution < -0.4 is 10.2 Å². The van der Waals surface area contributed by atoms with E-state index in [-0.39, 0.29) is 23.3 Å². The molecule has 31 heavy (non-hydrogen) atoms. The smallest absolute Gasteiger partial charge is 0.264 e. The monoisotopic (exact) mass is 428 g/mol. The Morgan fingerprint density at radius 3 is 2.26 bits per heavy atom. The van der Waals surface area contributed by atoms with Gasteiger partial charge in [-0.3, -0.25) is 4.79 Å². The van der Waals surface area contributed by atoms with E-state index < -0.39 is 6.43 Å². The summed E-state index contributed by atoms with van der Waals surface area (Å²) in [6.45, 7) is 10.7. The summed E-state index contributed by atoms with van der Waals surface area (Å²) in [5, 5.41) is 3.73. The fourth-order valence-electron chi connectivity index (χ4n) is 3.34. The van der Waals surface area contributed by atoms with E-state index in [2.05, 4.69) is 15.3 Å². The zero-order valence-electron chi connectivity index (χ0n) is 18.7. The molecule has 2 aromatic carbocycles. The van der Waals surface area contributed by atoms with Crippen molar-refractivity contribution in [3.05, 3.63) is 54.1 Å². The number of para-hydroxylation sites is 1. The number of halogens is 2. The van der Waals surface area contributed by atoms with Crippen LogP contribution in [0.2, 0.25) is 0 Å². The number of amides is 1. The summed E-state index contributed by atoms with van der Waals surface area (Å²) in [6, 6.07) is 13.9. The third kappa shape index (κ3) is 5.54. The number of nitrogens with zero attached hydrogens (tertiary/aromatic N) is 3. The fourth-order valence-corrected chi connectivity index (χ4v) is 3.34. The van der Waals surface area contributed by atoms with Crippen LogP contribution >= 0.6 is 0 Å². The molecular formula is C24H30F2N4O. The number of aromatic nitrogens is 2. The Kier molecular flexibility index (Phi) is 8.85. The minimum absolute atomic E-state index is 0.0630. The summed E-state index contributed by atoms with van der Waals surface area (Å²) >= 11 is 0. The van der Waals surface area contributed by atoms with Gasteiger partial charge in [0.05, 0.1) is 11.6 Å². The highest BCUT2D eigenvalue weighted by Gasteiger charge is 2.30. The number of alkyl halides is 2. The van der Waals surface area contributed by atoms with E-state index in [0.29, 0.717) is 30.0 Å². The van der Waals surface area contributed by atoms with Crippen LogP contribution in [0, 0.1) is 0 Å². The summed E-state index contributed by atoms with van der Waals surface area (Å²) in [5.41, 5.74) is 0.946. The second-order valence-electron chi connectivity index (χ2n) is 6.58. The molecule has 2 heterocycles. The molecule has 1 fully saturated rings. The van der Waals surface area contributed by atoms with Gasteiger partial charge in [0, 0.05) is 36.5 Å². The zero-order chi connectivity index (χ0) is 23.0. The number of hydrogen-bond donors (Lipinski definition) is 1. The van der Waals surface area contributed by atoms with Crippen molar-refractivity contribution >= 4 is 22.6 Å². The van der Waals surface area contributed by atoms with Gasteiger partial charge in [0.2, 0.25) is 5.91 Å². The molecule has 0 atom stereocenters. The van der Waals surface area contributed by atoms with Crippen molar-refractivity contribution in [2.45, 2.75) is 47.1 Å². The minimum atomic E-state index is -2.60. The third-order valence-electron chi connectivity index (χ3n) is 4.61. The average Bonchev–Trinajstić information content (AvgIpc) is 2.78. The van der Waals surface area contributed by atoms with E-state index in [1.807, 2.05) is 56.9 Å². The number of rotatable bonds is 4. The SMILES string of the molecule is CC.CC.CC(=O)NC1CN(c2nc(-c3ccccc3C(F)F)nc3ccccc23)C1. The molecule has 0 bridgehead atoms. The lowest BCUT2D eigenvalue weighted by molar-refractivity contribution is -0.119. The molecule has 166 valence electrons. The van der Waals surface area contributed by atoms with Gasteiger partial charge >= 0.3 is 0 Å². The van der Waals surface area contributed by atoms with Crippen LogP contribution in [0.4, 0.5) is 14.6 Å². The maximum absolute atomic E-state index is 13.4. The minimum Gasteiger partial charge on any atom is -0.352 e. The number of hydrogen-bond acceptors (Lipinski definition) is 4. The van der Waals surface area contributed by atoms with Crippen molar-refractivity contribution in [1.82, 2.24) is 15.3 Å². The Labute approximate surface area is 182 Å². The van der Waals surface area contributed by atoms with Crippen LogP contribution in [0.25, 0.3) is 22.3 Å². The first-order chi connectivity index (χ1) is 15.0. The normalized spacial score (nSPS) is 13.0. The predicted molar refractivity (Wildman–Crippen MR) is 122 cm³/mol. The summed E-state index contributed by atoms with van der Waals surface area (Å²) in [6.07, 6.45) is -2.60. The van der Waals surface area contributed by atoms with Crippen LogP contribution in [0.5, 0.6) is 0 Å². The van der Waals surface area contributed by atoms with E-state index in [4.69, 9.17) is 0 Å². The molecule has 1 aliphatic heterocycles. The highest BCUT2D eigenvalue weighted by molar-refractivity contribution is 5.91. The predicted octanol–water partition coefficient (Wildman–Crippen LogP) is 5.61. The second kappa shape index (κ2) is 11.3. The van der Waals surface area contributed by atoms with Gasteiger partial charge in [-0.2, -0.15) is 0 Å². The summed E-state index contributed by atoms with van der Waals surface area (Å²) in [4.78, 5) is 22.4. The van der Waals surface area contributed by atoms with Crippen LogP contribution in [-0.4, -0.2) is 35.0 Å². The van der Waals surface area contributed by atoms with Crippen LogP contribution in [0.15, 0.2) is 48.5 Å². The first-order valence-corrected chi connectivity index (χ1v) is 10.7. The number of nitrogens with one attached hydrogen (secondary N) is 1. The van der Waals surface area contributed by atoms with Gasteiger partial charge < -0.3 is 10.2 Å². The van der Waals surface area contributed by atoms with E-state index in [0.717, 1.165) is 5.39 Å². The molecule has 1 amide bonds. The standard InChI is InChI=1S/C20H18F2N4O.2C2H6/c1-12(27)23-13-10-26(11-13)20-16-8-4-5-9-17(16)24-19(25-20)15-7-3-2-6-14(15)18(21)22;2*1-2/h2-9,13,18H,10-11H2,1H3,(H,23,27);2*1-2H3. The van der Waals surface area contributed by atoms with Crippen molar-refractivity contribution in [3.63, 3.8) is 0 Å². The van der Waals surface area contributed by atoms with E-state index in [1.165, 1.54) is 13.0 Å². The molecular weight excluding hydrogens is 398 g/mol. The second-order valence-corrected chi connectivity index (χ2v) is 6.58. The fraction of sp³-hybridized carbons (Fsp3) is 0.375. The number of anilines is 1. The Bertz CT molecular complexity index is 1000. The number of carbonyl (C=O) groups excluding carboxylic acids is 1. The van der Waals surface area contributed by atoms with Crippen LogP contribution in [0.1, 0.15) is 46.6 Å². The van der Waals surface area contributed by atoms with E-state index >= 15 is 0 Å². The zero-order valence-corrected chi connectivity index (χ0v) is 18.7. The molecule has 3 aromatic rings. The molecule has 1 N–H and O–H groups in total. The molecule has 1 aliphatic rings. The Morgan fingerprint density at radius 2 is 1.61 bits per heavy atom. The number of benzene rings is 2. The topological polar surface area (TPSA) is 58.1 Å². The lowest BCUT2D eigenvalue weighted by Crippen LogP contribution is -2.59. The molecule has 7 heteroatoms. The Morgan fingerprint density at radius 1 is 1.00 bits per heavy atom. The summed E-state index contributed by atoms with van der Waals surface area (Å²) < 4.78 is 26.9. The van der Waals surface area contributed by atoms with Gasteiger partial charge in [0.15, 0.2) is 5.82 Å². The lowest BCUT2D eigenvalue weighted by atomic mass is 10.1. The van der Waals surface area contributed by atoms with Gasteiger partial charge in [-0.25, -0.2) is 18.7 Å². The maximum atomic E-state index is 13.4. The van der Waals surface area contributed by atoms with Crippen molar-refractivity contribution < 1.29 is 13.6 Å². The van der Waals surface area contributed by atoms with Crippen molar-refractivity contribution in [2.75, 3.05) is 18.0 Å². The number of carbonyl (C=O) groups is 1. The molecule has 5 nitrogen and oxygen atoms in total. The molecule has 0 spiro atoms. The largest absolute Gasteiger partial charge is 0.352 e. The van der Waals surface area contributed by atoms with Gasteiger partial charge in [-0.05, 0) is 12.1 Å². The number of fused-ring (bicyclic) bond motifs is 1. The summed E-state index contributed by atoms with van der Waals surface area (Å²) in [5.74, 6) is 0.905. The van der Waals surface area contributed by atoms with Crippen molar-refractivity contribution in [3.8, 4) is 11.4 Å². The molecule has 4 rings (SSSR count). The molecule has 0 saturated carbocycles. The summed E-state index contributed by atoms with van der Waals surface area (Å²) in [7, 11) is 0. The molecule has 0 unspecified atom stereocenters. The van der Waals surface area contributed by atoms with E-state index in [9.17, 15) is 13.6 Å². The van der Waals surface area contributed by atoms with E-state index in [1.54, 1.807) is 18.2 Å². The van der Waals surface area contributed by atoms with Gasteiger partial charge in [-0.1, -0.05) is 64.1 Å². The highest BCUT2D eigenvalue weighted by Crippen LogP contribution is 2.33. The van der Waals surface area contributed by atoms with Crippen LogP contribution in [0.3, 0.4) is 0 Å². The molecule has 1 saturated heterocycles.